The minimum atomic E-state index is 0.524. The van der Waals surface area contributed by atoms with Gasteiger partial charge in [-0.1, -0.05) is 29.3 Å². The summed E-state index contributed by atoms with van der Waals surface area (Å²) in [6, 6.07) is 7.60. The third-order valence-electron chi connectivity index (χ3n) is 2.39. The van der Waals surface area contributed by atoms with Crippen molar-refractivity contribution >= 4 is 34.5 Å². The predicted molar refractivity (Wildman–Crippen MR) is 77.9 cm³/mol. The molecule has 18 heavy (non-hydrogen) atoms. The lowest BCUT2D eigenvalue weighted by Crippen LogP contribution is -2.08. The minimum Gasteiger partial charge on any atom is -0.486 e. The van der Waals surface area contributed by atoms with Crippen LogP contribution in [0, 0.1) is 0 Å². The number of nitrogens with one attached hydrogen (secondary N) is 1. The summed E-state index contributed by atoms with van der Waals surface area (Å²) in [4.78, 5) is 1.16. The SMILES string of the molecule is CNCc1cc(Cl)cc(Cl)c1OCc1cccs1. The number of halogens is 2. The molecule has 0 aliphatic carbocycles. The zero-order valence-corrected chi connectivity index (χ0v) is 12.2. The van der Waals surface area contributed by atoms with Gasteiger partial charge in [0, 0.05) is 22.0 Å². The molecule has 5 heteroatoms. The fourth-order valence-electron chi connectivity index (χ4n) is 1.64. The Kier molecular flexibility index (Phi) is 4.89. The van der Waals surface area contributed by atoms with Crippen molar-refractivity contribution in [2.24, 2.45) is 0 Å². The molecule has 0 fully saturated rings. The Bertz CT molecular complexity index is 514. The highest BCUT2D eigenvalue weighted by Crippen LogP contribution is 2.33. The monoisotopic (exact) mass is 301 g/mol. The van der Waals surface area contributed by atoms with Gasteiger partial charge in [-0.2, -0.15) is 0 Å². The van der Waals surface area contributed by atoms with E-state index in [1.54, 1.807) is 17.4 Å². The smallest absolute Gasteiger partial charge is 0.143 e. The summed E-state index contributed by atoms with van der Waals surface area (Å²) < 4.78 is 5.80. The van der Waals surface area contributed by atoms with Crippen molar-refractivity contribution in [1.82, 2.24) is 5.32 Å². The first kappa shape index (κ1) is 13.7. The maximum atomic E-state index is 6.18. The van der Waals surface area contributed by atoms with Crippen LogP contribution >= 0.6 is 34.5 Å². The second-order valence-corrected chi connectivity index (χ2v) is 5.65. The third-order valence-corrected chi connectivity index (χ3v) is 3.74. The maximum Gasteiger partial charge on any atom is 0.143 e. The average Bonchev–Trinajstić information content (AvgIpc) is 2.81. The number of rotatable bonds is 5. The van der Waals surface area contributed by atoms with Crippen molar-refractivity contribution in [2.45, 2.75) is 13.2 Å². The zero-order chi connectivity index (χ0) is 13.0. The van der Waals surface area contributed by atoms with E-state index in [2.05, 4.69) is 5.32 Å². The highest BCUT2D eigenvalue weighted by Gasteiger charge is 2.10. The molecule has 0 atom stereocenters. The van der Waals surface area contributed by atoms with E-state index in [1.807, 2.05) is 30.6 Å². The van der Waals surface area contributed by atoms with Crippen LogP contribution in [-0.2, 0) is 13.2 Å². The molecule has 2 nitrogen and oxygen atoms in total. The van der Waals surface area contributed by atoms with Gasteiger partial charge in [0.15, 0.2) is 0 Å². The summed E-state index contributed by atoms with van der Waals surface area (Å²) in [7, 11) is 1.87. The molecule has 0 saturated carbocycles. The molecule has 0 saturated heterocycles. The van der Waals surface area contributed by atoms with Crippen LogP contribution in [0.2, 0.25) is 10.0 Å². The summed E-state index contributed by atoms with van der Waals surface area (Å²) in [6.07, 6.45) is 0. The highest BCUT2D eigenvalue weighted by molar-refractivity contribution is 7.09. The lowest BCUT2D eigenvalue weighted by atomic mass is 10.2. The van der Waals surface area contributed by atoms with Crippen LogP contribution in [0.3, 0.4) is 0 Å². The molecule has 0 amide bonds. The molecule has 0 bridgehead atoms. The number of benzene rings is 1. The maximum absolute atomic E-state index is 6.18. The molecule has 1 aromatic heterocycles. The van der Waals surface area contributed by atoms with E-state index >= 15 is 0 Å². The molecule has 0 radical (unpaired) electrons. The van der Waals surface area contributed by atoms with Crippen LogP contribution in [0.15, 0.2) is 29.6 Å². The van der Waals surface area contributed by atoms with Crippen LogP contribution in [0.1, 0.15) is 10.4 Å². The van der Waals surface area contributed by atoms with E-state index in [1.165, 1.54) is 0 Å². The summed E-state index contributed by atoms with van der Waals surface area (Å²) in [5.41, 5.74) is 0.964. The Morgan fingerprint density at radius 3 is 2.83 bits per heavy atom. The molecule has 2 rings (SSSR count). The van der Waals surface area contributed by atoms with Crippen LogP contribution in [0.4, 0.5) is 0 Å². The zero-order valence-electron chi connectivity index (χ0n) is 9.87. The molecular formula is C13H13Cl2NOS. The van der Waals surface area contributed by atoms with Crippen molar-refractivity contribution in [3.05, 3.63) is 50.1 Å². The van der Waals surface area contributed by atoms with Crippen molar-refractivity contribution in [3.8, 4) is 5.75 Å². The number of hydrogen-bond acceptors (Lipinski definition) is 3. The quantitative estimate of drug-likeness (QED) is 0.886. The van der Waals surface area contributed by atoms with Crippen LogP contribution in [-0.4, -0.2) is 7.05 Å². The van der Waals surface area contributed by atoms with Crippen molar-refractivity contribution in [2.75, 3.05) is 7.05 Å². The van der Waals surface area contributed by atoms with Crippen molar-refractivity contribution < 1.29 is 4.74 Å². The van der Waals surface area contributed by atoms with Gasteiger partial charge in [0.25, 0.3) is 0 Å². The molecule has 0 unspecified atom stereocenters. The van der Waals surface area contributed by atoms with Gasteiger partial charge in [-0.3, -0.25) is 0 Å². The van der Waals surface area contributed by atoms with E-state index < -0.39 is 0 Å². The summed E-state index contributed by atoms with van der Waals surface area (Å²) in [6.45, 7) is 1.19. The Balaban J connectivity index is 2.19. The number of hydrogen-bond donors (Lipinski definition) is 1. The Morgan fingerprint density at radius 2 is 2.17 bits per heavy atom. The predicted octanol–water partition coefficient (Wildman–Crippen LogP) is 4.35. The molecule has 0 spiro atoms. The van der Waals surface area contributed by atoms with E-state index in [9.17, 15) is 0 Å². The third kappa shape index (κ3) is 3.39. The Hall–Kier alpha value is -0.740. The van der Waals surface area contributed by atoms with Gasteiger partial charge in [0.2, 0.25) is 0 Å². The van der Waals surface area contributed by atoms with Crippen LogP contribution < -0.4 is 10.1 Å². The second kappa shape index (κ2) is 6.43. The molecule has 0 aliphatic rings. The lowest BCUT2D eigenvalue weighted by Gasteiger charge is -2.13. The van der Waals surface area contributed by atoms with Gasteiger partial charge in [-0.05, 0) is 30.6 Å². The topological polar surface area (TPSA) is 21.3 Å². The van der Waals surface area contributed by atoms with Gasteiger partial charge >= 0.3 is 0 Å². The average molecular weight is 302 g/mol. The first-order valence-electron chi connectivity index (χ1n) is 5.48. The van der Waals surface area contributed by atoms with Crippen LogP contribution in [0.25, 0.3) is 0 Å². The molecule has 96 valence electrons. The largest absolute Gasteiger partial charge is 0.486 e. The molecular weight excluding hydrogens is 289 g/mol. The second-order valence-electron chi connectivity index (χ2n) is 3.77. The highest BCUT2D eigenvalue weighted by atomic mass is 35.5. The lowest BCUT2D eigenvalue weighted by molar-refractivity contribution is 0.306. The molecule has 1 heterocycles. The Labute approximate surface area is 120 Å². The van der Waals surface area contributed by atoms with E-state index in [4.69, 9.17) is 27.9 Å². The summed E-state index contributed by atoms with van der Waals surface area (Å²) >= 11 is 13.8. The van der Waals surface area contributed by atoms with Crippen molar-refractivity contribution in [1.29, 1.82) is 0 Å². The van der Waals surface area contributed by atoms with Gasteiger partial charge in [-0.25, -0.2) is 0 Å². The van der Waals surface area contributed by atoms with Gasteiger partial charge in [0.05, 0.1) is 5.02 Å². The van der Waals surface area contributed by atoms with Crippen molar-refractivity contribution in [3.63, 3.8) is 0 Å². The summed E-state index contributed by atoms with van der Waals surface area (Å²) in [5, 5.41) is 6.27. The molecule has 0 aliphatic heterocycles. The van der Waals surface area contributed by atoms with Gasteiger partial charge in [0.1, 0.15) is 12.4 Å². The van der Waals surface area contributed by atoms with Gasteiger partial charge < -0.3 is 10.1 Å². The molecule has 2 aromatic rings. The molecule has 1 aromatic carbocycles. The normalized spacial score (nSPS) is 10.6. The number of ether oxygens (including phenoxy) is 1. The minimum absolute atomic E-state index is 0.524. The van der Waals surface area contributed by atoms with Crippen LogP contribution in [0.5, 0.6) is 5.75 Å². The standard InChI is InChI=1S/C13H13Cl2NOS/c1-16-7-9-5-10(14)6-12(15)13(9)17-8-11-3-2-4-18-11/h2-6,16H,7-8H2,1H3. The summed E-state index contributed by atoms with van der Waals surface area (Å²) in [5.74, 6) is 0.698. The first-order valence-corrected chi connectivity index (χ1v) is 7.12. The molecule has 1 N–H and O–H groups in total. The number of thiophene rings is 1. The van der Waals surface area contributed by atoms with E-state index in [0.717, 1.165) is 10.4 Å². The van der Waals surface area contributed by atoms with E-state index in [0.29, 0.717) is 28.9 Å². The fourth-order valence-corrected chi connectivity index (χ4v) is 2.84. The first-order chi connectivity index (χ1) is 8.70. The fraction of sp³-hybridized carbons (Fsp3) is 0.231. The Morgan fingerprint density at radius 1 is 1.33 bits per heavy atom. The van der Waals surface area contributed by atoms with Gasteiger partial charge in [-0.15, -0.1) is 11.3 Å². The van der Waals surface area contributed by atoms with E-state index in [-0.39, 0.29) is 0 Å².